The van der Waals surface area contributed by atoms with Crippen LogP contribution in [0.15, 0.2) is 29.2 Å². The Morgan fingerprint density at radius 1 is 1.26 bits per heavy atom. The van der Waals surface area contributed by atoms with Crippen LogP contribution >= 0.6 is 11.8 Å². The van der Waals surface area contributed by atoms with E-state index >= 15 is 0 Å². The molecule has 0 fully saturated rings. The van der Waals surface area contributed by atoms with Gasteiger partial charge in [-0.25, -0.2) is 0 Å². The van der Waals surface area contributed by atoms with Crippen LogP contribution in [0, 0.1) is 0 Å². The summed E-state index contributed by atoms with van der Waals surface area (Å²) in [6, 6.07) is 8.98. The molecule has 3 nitrogen and oxygen atoms in total. The molecule has 0 aliphatic heterocycles. The van der Waals surface area contributed by atoms with Crippen LogP contribution in [0.25, 0.3) is 0 Å². The molecule has 0 spiro atoms. The summed E-state index contributed by atoms with van der Waals surface area (Å²) in [5.74, 6) is 0. The summed E-state index contributed by atoms with van der Waals surface area (Å²) in [5, 5.41) is 0. The first-order valence-corrected chi connectivity index (χ1v) is 8.15. The van der Waals surface area contributed by atoms with E-state index in [9.17, 15) is 0 Å². The highest BCUT2D eigenvalue weighted by Gasteiger charge is 2.17. The molecule has 1 atom stereocenters. The molecule has 0 aliphatic carbocycles. The highest BCUT2D eigenvalue weighted by Crippen LogP contribution is 2.22. The standard InChI is InChI=1S/C15H26N2OS/c1-4-17(10-11-18-5-2)15(12-16)13-6-8-14(19-3)9-7-13/h6-9,15H,4-5,10-12,16H2,1-3H3. The molecular formula is C15H26N2OS. The molecule has 0 heterocycles. The second-order valence-electron chi connectivity index (χ2n) is 4.35. The molecule has 0 bridgehead atoms. The van der Waals surface area contributed by atoms with Gasteiger partial charge in [0.2, 0.25) is 0 Å². The van der Waals surface area contributed by atoms with E-state index in [0.717, 1.165) is 26.3 Å². The van der Waals surface area contributed by atoms with Crippen molar-refractivity contribution in [3.05, 3.63) is 29.8 Å². The normalized spacial score (nSPS) is 12.9. The maximum atomic E-state index is 5.97. The number of nitrogens with zero attached hydrogens (tertiary/aromatic N) is 1. The quantitative estimate of drug-likeness (QED) is 0.558. The maximum absolute atomic E-state index is 5.97. The molecule has 108 valence electrons. The van der Waals surface area contributed by atoms with E-state index in [2.05, 4.69) is 42.3 Å². The van der Waals surface area contributed by atoms with Crippen molar-refractivity contribution in [3.8, 4) is 0 Å². The van der Waals surface area contributed by atoms with Crippen LogP contribution in [-0.2, 0) is 4.74 Å². The van der Waals surface area contributed by atoms with E-state index in [1.165, 1.54) is 10.5 Å². The minimum absolute atomic E-state index is 0.279. The number of thioether (sulfide) groups is 1. The number of likely N-dealkylation sites (N-methyl/N-ethyl adjacent to an activating group) is 1. The Hall–Kier alpha value is -0.550. The zero-order chi connectivity index (χ0) is 14.1. The van der Waals surface area contributed by atoms with Crippen LogP contribution in [0.3, 0.4) is 0 Å². The average Bonchev–Trinajstić information content (AvgIpc) is 2.47. The van der Waals surface area contributed by atoms with Gasteiger partial charge < -0.3 is 10.5 Å². The Bertz CT molecular complexity index is 343. The van der Waals surface area contributed by atoms with Gasteiger partial charge in [0, 0.05) is 30.6 Å². The number of hydrogen-bond acceptors (Lipinski definition) is 4. The summed E-state index contributed by atoms with van der Waals surface area (Å²) in [5.41, 5.74) is 7.26. The van der Waals surface area contributed by atoms with Crippen molar-refractivity contribution in [3.63, 3.8) is 0 Å². The lowest BCUT2D eigenvalue weighted by atomic mass is 10.1. The molecule has 1 rings (SSSR count). The fourth-order valence-corrected chi connectivity index (χ4v) is 2.59. The summed E-state index contributed by atoms with van der Waals surface area (Å²) in [6.07, 6.45) is 2.09. The highest BCUT2D eigenvalue weighted by atomic mass is 32.2. The first-order valence-electron chi connectivity index (χ1n) is 6.92. The van der Waals surface area contributed by atoms with Crippen molar-refractivity contribution in [2.24, 2.45) is 5.73 Å². The number of ether oxygens (including phenoxy) is 1. The lowest BCUT2D eigenvalue weighted by Crippen LogP contribution is -2.36. The van der Waals surface area contributed by atoms with Gasteiger partial charge in [-0.1, -0.05) is 19.1 Å². The Kier molecular flexibility index (Phi) is 8.14. The van der Waals surface area contributed by atoms with Crippen LogP contribution in [0.5, 0.6) is 0 Å². The van der Waals surface area contributed by atoms with Crippen molar-refractivity contribution >= 4 is 11.8 Å². The minimum Gasteiger partial charge on any atom is -0.380 e. The van der Waals surface area contributed by atoms with E-state index in [1.807, 2.05) is 6.92 Å². The summed E-state index contributed by atoms with van der Waals surface area (Å²) in [6.45, 7) is 8.29. The van der Waals surface area contributed by atoms with Crippen LogP contribution in [0.1, 0.15) is 25.5 Å². The largest absolute Gasteiger partial charge is 0.380 e. The molecule has 0 amide bonds. The third kappa shape index (κ3) is 5.15. The zero-order valence-electron chi connectivity index (χ0n) is 12.3. The molecule has 1 aromatic carbocycles. The summed E-state index contributed by atoms with van der Waals surface area (Å²) >= 11 is 1.76. The Morgan fingerprint density at radius 2 is 1.95 bits per heavy atom. The van der Waals surface area contributed by atoms with Gasteiger partial charge in [0.25, 0.3) is 0 Å². The molecule has 0 radical (unpaired) electrons. The lowest BCUT2D eigenvalue weighted by Gasteiger charge is -2.30. The van der Waals surface area contributed by atoms with E-state index in [-0.39, 0.29) is 6.04 Å². The second kappa shape index (κ2) is 9.37. The zero-order valence-corrected chi connectivity index (χ0v) is 13.1. The van der Waals surface area contributed by atoms with Gasteiger partial charge in [0.05, 0.1) is 6.61 Å². The molecule has 1 aromatic rings. The van der Waals surface area contributed by atoms with Gasteiger partial charge in [0.1, 0.15) is 0 Å². The molecule has 4 heteroatoms. The minimum atomic E-state index is 0.279. The van der Waals surface area contributed by atoms with Crippen LogP contribution in [0.2, 0.25) is 0 Å². The molecule has 0 saturated carbocycles. The van der Waals surface area contributed by atoms with Crippen molar-refractivity contribution in [1.29, 1.82) is 0 Å². The number of rotatable bonds is 9. The summed E-state index contributed by atoms with van der Waals surface area (Å²) in [4.78, 5) is 3.67. The van der Waals surface area contributed by atoms with E-state index in [4.69, 9.17) is 10.5 Å². The van der Waals surface area contributed by atoms with E-state index < -0.39 is 0 Å². The smallest absolute Gasteiger partial charge is 0.0593 e. The predicted molar refractivity (Wildman–Crippen MR) is 83.8 cm³/mol. The van der Waals surface area contributed by atoms with Crippen LogP contribution in [0.4, 0.5) is 0 Å². The van der Waals surface area contributed by atoms with E-state index in [0.29, 0.717) is 6.54 Å². The third-order valence-corrected chi connectivity index (χ3v) is 4.04. The van der Waals surface area contributed by atoms with Gasteiger partial charge in [-0.3, -0.25) is 4.90 Å². The molecule has 2 N–H and O–H groups in total. The summed E-state index contributed by atoms with van der Waals surface area (Å²) in [7, 11) is 0. The van der Waals surface area contributed by atoms with Crippen molar-refractivity contribution < 1.29 is 4.74 Å². The maximum Gasteiger partial charge on any atom is 0.0593 e. The molecule has 1 unspecified atom stereocenters. The Balaban J connectivity index is 2.71. The van der Waals surface area contributed by atoms with Gasteiger partial charge >= 0.3 is 0 Å². The van der Waals surface area contributed by atoms with Gasteiger partial charge in [-0.05, 0) is 37.4 Å². The fourth-order valence-electron chi connectivity index (χ4n) is 2.18. The highest BCUT2D eigenvalue weighted by molar-refractivity contribution is 7.98. The topological polar surface area (TPSA) is 38.5 Å². The third-order valence-electron chi connectivity index (χ3n) is 3.30. The molecule has 0 saturated heterocycles. The van der Waals surface area contributed by atoms with E-state index in [1.54, 1.807) is 11.8 Å². The fraction of sp³-hybridized carbons (Fsp3) is 0.600. The lowest BCUT2D eigenvalue weighted by molar-refractivity contribution is 0.0980. The van der Waals surface area contributed by atoms with Crippen molar-refractivity contribution in [1.82, 2.24) is 4.90 Å². The Labute approximate surface area is 121 Å². The van der Waals surface area contributed by atoms with Crippen molar-refractivity contribution in [2.75, 3.05) is 39.1 Å². The van der Waals surface area contributed by atoms with Crippen LogP contribution < -0.4 is 5.73 Å². The number of nitrogens with two attached hydrogens (primary N) is 1. The molecular weight excluding hydrogens is 256 g/mol. The first-order chi connectivity index (χ1) is 9.26. The first kappa shape index (κ1) is 16.5. The monoisotopic (exact) mass is 282 g/mol. The van der Waals surface area contributed by atoms with Gasteiger partial charge in [-0.2, -0.15) is 0 Å². The second-order valence-corrected chi connectivity index (χ2v) is 5.23. The number of hydrogen-bond donors (Lipinski definition) is 1. The molecule has 0 aliphatic rings. The van der Waals surface area contributed by atoms with Crippen LogP contribution in [-0.4, -0.2) is 44.0 Å². The van der Waals surface area contributed by atoms with Crippen molar-refractivity contribution in [2.45, 2.75) is 24.8 Å². The average molecular weight is 282 g/mol. The predicted octanol–water partition coefficient (Wildman–Crippen LogP) is 2.77. The molecule has 0 aromatic heterocycles. The summed E-state index contributed by atoms with van der Waals surface area (Å²) < 4.78 is 5.45. The number of benzene rings is 1. The van der Waals surface area contributed by atoms with Gasteiger partial charge in [0.15, 0.2) is 0 Å². The Morgan fingerprint density at radius 3 is 2.42 bits per heavy atom. The SMILES string of the molecule is CCOCCN(CC)C(CN)c1ccc(SC)cc1. The van der Waals surface area contributed by atoms with Gasteiger partial charge in [-0.15, -0.1) is 11.8 Å². The molecule has 19 heavy (non-hydrogen) atoms.